The molecule has 0 aliphatic carbocycles. The number of nitrogens with zero attached hydrogens (tertiary/aromatic N) is 2. The van der Waals surface area contributed by atoms with E-state index in [9.17, 15) is 0 Å². The summed E-state index contributed by atoms with van der Waals surface area (Å²) in [5.41, 5.74) is 0. The Kier molecular flexibility index (Phi) is 5.73. The van der Waals surface area contributed by atoms with Crippen molar-refractivity contribution in [1.82, 2.24) is 9.55 Å². The van der Waals surface area contributed by atoms with Gasteiger partial charge in [-0.3, -0.25) is 0 Å². The zero-order chi connectivity index (χ0) is 11.1. The van der Waals surface area contributed by atoms with E-state index in [4.69, 9.17) is 16.3 Å². The van der Waals surface area contributed by atoms with Gasteiger partial charge in [0.05, 0.1) is 12.5 Å². The average molecular weight is 231 g/mol. The van der Waals surface area contributed by atoms with E-state index >= 15 is 0 Å². The Hall–Kier alpha value is -0.540. The molecule has 1 heterocycles. The summed E-state index contributed by atoms with van der Waals surface area (Å²) in [6.45, 7) is 6.80. The second-order valence-corrected chi connectivity index (χ2v) is 4.23. The predicted molar refractivity (Wildman–Crippen MR) is 62.1 cm³/mol. The number of hydrogen-bond acceptors (Lipinski definition) is 2. The van der Waals surface area contributed by atoms with Crippen LogP contribution in [0.3, 0.4) is 0 Å². The van der Waals surface area contributed by atoms with Crippen LogP contribution in [0.1, 0.15) is 26.1 Å². The third kappa shape index (κ3) is 4.67. The lowest BCUT2D eigenvalue weighted by Crippen LogP contribution is -2.09. The van der Waals surface area contributed by atoms with E-state index in [1.165, 1.54) is 0 Å². The quantitative estimate of drug-likeness (QED) is 0.532. The van der Waals surface area contributed by atoms with Gasteiger partial charge in [0.25, 0.3) is 0 Å². The Labute approximate surface area is 96.4 Å². The standard InChI is InChI=1S/C11H19ClN2O/c1-10(2)3-7-15-8-6-14-5-4-13-11(14)9-12/h4-5,10H,3,6-9H2,1-2H3. The van der Waals surface area contributed by atoms with Crippen LogP contribution in [-0.4, -0.2) is 22.8 Å². The molecule has 3 nitrogen and oxygen atoms in total. The molecule has 1 rings (SSSR count). The van der Waals surface area contributed by atoms with Crippen LogP contribution in [0.4, 0.5) is 0 Å². The third-order valence-corrected chi connectivity index (χ3v) is 2.48. The monoisotopic (exact) mass is 230 g/mol. The van der Waals surface area contributed by atoms with Gasteiger partial charge in [-0.15, -0.1) is 11.6 Å². The van der Waals surface area contributed by atoms with Crippen LogP contribution >= 0.6 is 11.6 Å². The number of imidazole rings is 1. The molecule has 0 unspecified atom stereocenters. The van der Waals surface area contributed by atoms with Crippen LogP contribution < -0.4 is 0 Å². The van der Waals surface area contributed by atoms with Gasteiger partial charge < -0.3 is 9.30 Å². The summed E-state index contributed by atoms with van der Waals surface area (Å²) in [6.07, 6.45) is 4.82. The van der Waals surface area contributed by atoms with Gasteiger partial charge in [0.15, 0.2) is 0 Å². The highest BCUT2D eigenvalue weighted by molar-refractivity contribution is 6.16. The Morgan fingerprint density at radius 3 is 2.93 bits per heavy atom. The van der Waals surface area contributed by atoms with Crippen LogP contribution in [0.15, 0.2) is 12.4 Å². The molecular weight excluding hydrogens is 212 g/mol. The molecule has 15 heavy (non-hydrogen) atoms. The number of aromatic nitrogens is 2. The summed E-state index contributed by atoms with van der Waals surface area (Å²) >= 11 is 5.73. The maximum Gasteiger partial charge on any atom is 0.123 e. The molecule has 0 spiro atoms. The molecular formula is C11H19ClN2O. The second kappa shape index (κ2) is 6.85. The van der Waals surface area contributed by atoms with E-state index in [1.807, 2.05) is 10.8 Å². The van der Waals surface area contributed by atoms with Crippen LogP contribution in [0.25, 0.3) is 0 Å². The van der Waals surface area contributed by atoms with Gasteiger partial charge in [-0.1, -0.05) is 13.8 Å². The van der Waals surface area contributed by atoms with Crippen molar-refractivity contribution in [3.8, 4) is 0 Å². The van der Waals surface area contributed by atoms with Crippen LogP contribution in [-0.2, 0) is 17.2 Å². The largest absolute Gasteiger partial charge is 0.380 e. The lowest BCUT2D eigenvalue weighted by molar-refractivity contribution is 0.116. The molecule has 0 saturated carbocycles. The number of rotatable bonds is 7. The maximum atomic E-state index is 5.73. The Balaban J connectivity index is 2.15. The molecule has 4 heteroatoms. The molecule has 0 N–H and O–H groups in total. The number of alkyl halides is 1. The Morgan fingerprint density at radius 2 is 2.27 bits per heavy atom. The summed E-state index contributed by atoms with van der Waals surface area (Å²) in [6, 6.07) is 0. The van der Waals surface area contributed by atoms with Crippen molar-refractivity contribution >= 4 is 11.6 Å². The van der Waals surface area contributed by atoms with Gasteiger partial charge in [-0.05, 0) is 12.3 Å². The van der Waals surface area contributed by atoms with E-state index in [1.54, 1.807) is 6.20 Å². The van der Waals surface area contributed by atoms with Crippen molar-refractivity contribution in [1.29, 1.82) is 0 Å². The van der Waals surface area contributed by atoms with Crippen molar-refractivity contribution in [2.24, 2.45) is 5.92 Å². The molecule has 0 radical (unpaired) electrons. The molecule has 0 atom stereocenters. The van der Waals surface area contributed by atoms with Crippen molar-refractivity contribution < 1.29 is 4.74 Å². The molecule has 86 valence electrons. The molecule has 0 aromatic carbocycles. The normalized spacial score (nSPS) is 11.2. The second-order valence-electron chi connectivity index (χ2n) is 3.97. The molecule has 1 aromatic rings. The summed E-state index contributed by atoms with van der Waals surface area (Å²) in [4.78, 5) is 4.14. The van der Waals surface area contributed by atoms with Gasteiger partial charge in [0.1, 0.15) is 5.82 Å². The zero-order valence-corrected chi connectivity index (χ0v) is 10.2. The first-order valence-corrected chi connectivity index (χ1v) is 5.91. The van der Waals surface area contributed by atoms with Crippen LogP contribution in [0, 0.1) is 5.92 Å². The number of hydrogen-bond donors (Lipinski definition) is 0. The fourth-order valence-corrected chi connectivity index (χ4v) is 1.48. The maximum absolute atomic E-state index is 5.73. The lowest BCUT2D eigenvalue weighted by Gasteiger charge is -2.08. The van der Waals surface area contributed by atoms with Crippen molar-refractivity contribution in [3.63, 3.8) is 0 Å². The highest BCUT2D eigenvalue weighted by Crippen LogP contribution is 2.02. The lowest BCUT2D eigenvalue weighted by atomic mass is 10.1. The third-order valence-electron chi connectivity index (χ3n) is 2.24. The molecule has 0 bridgehead atoms. The minimum atomic E-state index is 0.457. The van der Waals surface area contributed by atoms with E-state index in [-0.39, 0.29) is 0 Å². The Morgan fingerprint density at radius 1 is 1.47 bits per heavy atom. The fraction of sp³-hybridized carbons (Fsp3) is 0.727. The minimum absolute atomic E-state index is 0.457. The van der Waals surface area contributed by atoms with Crippen molar-refractivity contribution in [2.45, 2.75) is 32.7 Å². The molecule has 0 aliphatic rings. The van der Waals surface area contributed by atoms with E-state index < -0.39 is 0 Å². The van der Waals surface area contributed by atoms with Crippen molar-refractivity contribution in [3.05, 3.63) is 18.2 Å². The highest BCUT2D eigenvalue weighted by Gasteiger charge is 2.00. The smallest absolute Gasteiger partial charge is 0.123 e. The molecule has 0 aliphatic heterocycles. The topological polar surface area (TPSA) is 27.1 Å². The summed E-state index contributed by atoms with van der Waals surface area (Å²) in [7, 11) is 0. The Bertz CT molecular complexity index is 273. The first kappa shape index (κ1) is 12.5. The molecule has 0 fully saturated rings. The van der Waals surface area contributed by atoms with Gasteiger partial charge in [0, 0.05) is 25.5 Å². The summed E-state index contributed by atoms with van der Waals surface area (Å²) in [5.74, 6) is 2.07. The average Bonchev–Trinajstić information content (AvgIpc) is 2.64. The zero-order valence-electron chi connectivity index (χ0n) is 9.45. The van der Waals surface area contributed by atoms with Crippen LogP contribution in [0.2, 0.25) is 0 Å². The molecule has 1 aromatic heterocycles. The minimum Gasteiger partial charge on any atom is -0.380 e. The van der Waals surface area contributed by atoms with E-state index in [0.29, 0.717) is 11.8 Å². The van der Waals surface area contributed by atoms with E-state index in [2.05, 4.69) is 18.8 Å². The van der Waals surface area contributed by atoms with Gasteiger partial charge >= 0.3 is 0 Å². The number of halogens is 1. The summed E-state index contributed by atoms with van der Waals surface area (Å²) in [5, 5.41) is 0. The molecule has 0 saturated heterocycles. The van der Waals surface area contributed by atoms with Crippen molar-refractivity contribution in [2.75, 3.05) is 13.2 Å². The first-order chi connectivity index (χ1) is 7.24. The van der Waals surface area contributed by atoms with Gasteiger partial charge in [0.2, 0.25) is 0 Å². The number of ether oxygens (including phenoxy) is 1. The highest BCUT2D eigenvalue weighted by atomic mass is 35.5. The van der Waals surface area contributed by atoms with E-state index in [0.717, 1.165) is 32.0 Å². The van der Waals surface area contributed by atoms with Gasteiger partial charge in [-0.2, -0.15) is 0 Å². The van der Waals surface area contributed by atoms with Gasteiger partial charge in [-0.25, -0.2) is 4.98 Å². The SMILES string of the molecule is CC(C)CCOCCn1ccnc1CCl. The first-order valence-electron chi connectivity index (χ1n) is 5.37. The van der Waals surface area contributed by atoms with Crippen LogP contribution in [0.5, 0.6) is 0 Å². The molecule has 0 amide bonds. The predicted octanol–water partition coefficient (Wildman–Crippen LogP) is 2.68. The summed E-state index contributed by atoms with van der Waals surface area (Å²) < 4.78 is 7.56. The fourth-order valence-electron chi connectivity index (χ4n) is 1.26.